The van der Waals surface area contributed by atoms with Gasteiger partial charge in [0.15, 0.2) is 0 Å². The molecule has 0 unspecified atom stereocenters. The van der Waals surface area contributed by atoms with Crippen molar-refractivity contribution < 1.29 is 0 Å². The number of hydrogen-bond donors (Lipinski definition) is 0. The zero-order valence-corrected chi connectivity index (χ0v) is 28.1. The van der Waals surface area contributed by atoms with Crippen LogP contribution < -0.4 is 0 Å². The number of pyridine rings is 1. The number of nitrogens with zero attached hydrogens (tertiary/aromatic N) is 3. The average molecular weight is 660 g/mol. The van der Waals surface area contributed by atoms with Crippen LogP contribution in [0, 0.1) is 0 Å². The first kappa shape index (κ1) is 27.8. The van der Waals surface area contributed by atoms with Crippen LogP contribution in [0.3, 0.4) is 0 Å². The van der Waals surface area contributed by atoms with Gasteiger partial charge in [-0.15, -0.1) is 0 Å². The van der Waals surface area contributed by atoms with E-state index in [1.54, 1.807) is 0 Å². The predicted octanol–water partition coefficient (Wildman–Crippen LogP) is 12.9. The van der Waals surface area contributed by atoms with Gasteiger partial charge < -0.3 is 9.13 Å². The molecule has 0 atom stereocenters. The van der Waals surface area contributed by atoms with Crippen molar-refractivity contribution in [2.24, 2.45) is 0 Å². The van der Waals surface area contributed by atoms with Crippen molar-refractivity contribution in [2.45, 2.75) is 0 Å². The van der Waals surface area contributed by atoms with Crippen molar-refractivity contribution in [3.63, 3.8) is 0 Å². The highest BCUT2D eigenvalue weighted by Crippen LogP contribution is 2.48. The maximum atomic E-state index is 4.90. The minimum atomic E-state index is 1.07. The van der Waals surface area contributed by atoms with Crippen molar-refractivity contribution in [3.05, 3.63) is 176 Å². The summed E-state index contributed by atoms with van der Waals surface area (Å²) in [7, 11) is 0. The Labute approximate surface area is 299 Å². The minimum Gasteiger partial charge on any atom is -0.309 e. The molecule has 0 fully saturated rings. The molecule has 52 heavy (non-hydrogen) atoms. The van der Waals surface area contributed by atoms with E-state index in [2.05, 4.69) is 179 Å². The van der Waals surface area contributed by atoms with E-state index in [4.69, 9.17) is 4.98 Å². The number of para-hydroxylation sites is 2. The summed E-state index contributed by atoms with van der Waals surface area (Å²) >= 11 is 0. The summed E-state index contributed by atoms with van der Waals surface area (Å²) in [6.07, 6.45) is 1.97. The largest absolute Gasteiger partial charge is 0.309 e. The topological polar surface area (TPSA) is 22.8 Å². The van der Waals surface area contributed by atoms with Crippen molar-refractivity contribution in [1.82, 2.24) is 14.1 Å². The van der Waals surface area contributed by atoms with Gasteiger partial charge in [-0.2, -0.15) is 0 Å². The van der Waals surface area contributed by atoms with E-state index in [1.807, 2.05) is 6.20 Å². The fraction of sp³-hybridized carbons (Fsp3) is 0. The fourth-order valence-corrected chi connectivity index (χ4v) is 9.07. The lowest BCUT2D eigenvalue weighted by Gasteiger charge is -2.13. The van der Waals surface area contributed by atoms with E-state index in [9.17, 15) is 0 Å². The summed E-state index contributed by atoms with van der Waals surface area (Å²) in [4.78, 5) is 4.90. The van der Waals surface area contributed by atoms with Gasteiger partial charge in [0, 0.05) is 49.8 Å². The highest BCUT2D eigenvalue weighted by atomic mass is 15.0. The fourth-order valence-electron chi connectivity index (χ4n) is 9.07. The molecule has 0 amide bonds. The number of benzene rings is 8. The van der Waals surface area contributed by atoms with Crippen molar-refractivity contribution in [2.75, 3.05) is 0 Å². The smallest absolute Gasteiger partial charge is 0.0793 e. The number of fused-ring (bicyclic) bond motifs is 11. The van der Waals surface area contributed by atoms with Crippen LogP contribution in [0.1, 0.15) is 0 Å². The van der Waals surface area contributed by atoms with Gasteiger partial charge in [-0.1, -0.05) is 109 Å². The van der Waals surface area contributed by atoms with Gasteiger partial charge in [0.05, 0.1) is 33.4 Å². The van der Waals surface area contributed by atoms with Gasteiger partial charge in [0.1, 0.15) is 0 Å². The van der Waals surface area contributed by atoms with Gasteiger partial charge in [0.2, 0.25) is 0 Å². The molecule has 0 radical (unpaired) electrons. The zero-order chi connectivity index (χ0) is 33.9. The first-order valence-corrected chi connectivity index (χ1v) is 17.9. The molecule has 3 heteroatoms. The standard InChI is InChI=1S/C49H29N3/c1-2-11-33(12-3-1)51-42-17-9-8-15-36(42)40-28-31(19-22-44(40)51)32-20-23-45-41(29-32)47-34-13-5-4-10-30(34)18-24-46(47)52(45)43-25-21-37-35-14-6-7-16-38(35)49-48(37)39(43)26-27-50-49/h1-29H. The number of hydrogen-bond acceptors (Lipinski definition) is 1. The predicted molar refractivity (Wildman–Crippen MR) is 218 cm³/mol. The Morgan fingerprint density at radius 1 is 0.365 bits per heavy atom. The molecule has 3 heterocycles. The average Bonchev–Trinajstić information content (AvgIpc) is 3.85. The summed E-state index contributed by atoms with van der Waals surface area (Å²) < 4.78 is 4.85. The van der Waals surface area contributed by atoms with Crippen LogP contribution in [-0.4, -0.2) is 14.1 Å². The first-order chi connectivity index (χ1) is 25.8. The van der Waals surface area contributed by atoms with Crippen LogP contribution in [0.2, 0.25) is 0 Å². The van der Waals surface area contributed by atoms with Crippen LogP contribution >= 0.6 is 0 Å². The maximum absolute atomic E-state index is 4.90. The second-order valence-corrected chi connectivity index (χ2v) is 13.9. The molecule has 0 saturated heterocycles. The third-order valence-electron chi connectivity index (χ3n) is 11.3. The second-order valence-electron chi connectivity index (χ2n) is 13.9. The lowest BCUT2D eigenvalue weighted by atomic mass is 9.99. The molecule has 12 rings (SSSR count). The number of aromatic nitrogens is 3. The Morgan fingerprint density at radius 3 is 1.90 bits per heavy atom. The monoisotopic (exact) mass is 659 g/mol. The molecule has 3 aromatic heterocycles. The van der Waals surface area contributed by atoms with Crippen molar-refractivity contribution in [3.8, 4) is 44.9 Å². The molecule has 8 aromatic carbocycles. The molecule has 0 aliphatic heterocycles. The Bertz CT molecular complexity index is 3260. The van der Waals surface area contributed by atoms with Gasteiger partial charge >= 0.3 is 0 Å². The van der Waals surface area contributed by atoms with Gasteiger partial charge in [-0.3, -0.25) is 4.98 Å². The van der Waals surface area contributed by atoms with E-state index < -0.39 is 0 Å². The Kier molecular flexibility index (Phi) is 5.50. The van der Waals surface area contributed by atoms with E-state index in [0.29, 0.717) is 0 Å². The third kappa shape index (κ3) is 3.66. The van der Waals surface area contributed by atoms with Crippen LogP contribution in [0.15, 0.2) is 176 Å². The molecular formula is C49H29N3. The van der Waals surface area contributed by atoms with Crippen molar-refractivity contribution >= 4 is 65.2 Å². The van der Waals surface area contributed by atoms with E-state index in [1.165, 1.54) is 104 Å². The molecule has 3 nitrogen and oxygen atoms in total. The molecule has 1 aliphatic carbocycles. The number of rotatable bonds is 3. The van der Waals surface area contributed by atoms with E-state index >= 15 is 0 Å². The molecule has 0 saturated carbocycles. The van der Waals surface area contributed by atoms with Crippen LogP contribution in [0.5, 0.6) is 0 Å². The molecular weight excluding hydrogens is 631 g/mol. The van der Waals surface area contributed by atoms with E-state index in [-0.39, 0.29) is 0 Å². The van der Waals surface area contributed by atoms with Crippen LogP contribution in [0.25, 0.3) is 110 Å². The molecule has 11 aromatic rings. The minimum absolute atomic E-state index is 1.07. The molecule has 0 N–H and O–H groups in total. The lowest BCUT2D eigenvalue weighted by Crippen LogP contribution is -1.96. The quantitative estimate of drug-likeness (QED) is 0.185. The lowest BCUT2D eigenvalue weighted by molar-refractivity contribution is 1.18. The molecule has 0 spiro atoms. The maximum Gasteiger partial charge on any atom is 0.0793 e. The molecule has 240 valence electrons. The van der Waals surface area contributed by atoms with Gasteiger partial charge in [-0.25, -0.2) is 0 Å². The van der Waals surface area contributed by atoms with Gasteiger partial charge in [0.25, 0.3) is 0 Å². The summed E-state index contributed by atoms with van der Waals surface area (Å²) in [5, 5.41) is 10.0. The molecule has 1 aliphatic rings. The first-order valence-electron chi connectivity index (χ1n) is 17.9. The summed E-state index contributed by atoms with van der Waals surface area (Å²) in [6.45, 7) is 0. The van der Waals surface area contributed by atoms with Crippen molar-refractivity contribution in [1.29, 1.82) is 0 Å². The second kappa shape index (κ2) is 10.3. The molecule has 0 bridgehead atoms. The SMILES string of the molecule is c1ccc(-n2c3ccccc3c3cc(-c4ccc5c(c4)c4c6ccccc6ccc4n5-c4ccc5c6c(nccc46)-c4ccccc4-5)ccc32)cc1. The summed E-state index contributed by atoms with van der Waals surface area (Å²) in [6, 6.07) is 62.2. The Hall–Kier alpha value is -6.97. The van der Waals surface area contributed by atoms with Gasteiger partial charge in [-0.05, 0) is 93.7 Å². The summed E-state index contributed by atoms with van der Waals surface area (Å²) in [5.41, 5.74) is 14.4. The third-order valence-corrected chi connectivity index (χ3v) is 11.3. The Morgan fingerprint density at radius 2 is 1.04 bits per heavy atom. The highest BCUT2D eigenvalue weighted by molar-refractivity contribution is 6.23. The summed E-state index contributed by atoms with van der Waals surface area (Å²) in [5.74, 6) is 0. The van der Waals surface area contributed by atoms with Crippen LogP contribution in [-0.2, 0) is 0 Å². The highest BCUT2D eigenvalue weighted by Gasteiger charge is 2.25. The Balaban J connectivity index is 1.13. The van der Waals surface area contributed by atoms with Crippen LogP contribution in [0.4, 0.5) is 0 Å². The normalized spacial score (nSPS) is 12.2. The van der Waals surface area contributed by atoms with E-state index in [0.717, 1.165) is 5.69 Å². The zero-order valence-electron chi connectivity index (χ0n) is 28.1.